The number of nitrogens with two attached hydrogens (primary N) is 1. The van der Waals surface area contributed by atoms with Crippen LogP contribution in [0.3, 0.4) is 0 Å². The second kappa shape index (κ2) is 4.81. The zero-order chi connectivity index (χ0) is 10.7. The molecule has 1 aliphatic carbocycles. The molecule has 2 fully saturated rings. The lowest BCUT2D eigenvalue weighted by molar-refractivity contribution is 0.0486. The van der Waals surface area contributed by atoms with Crippen molar-refractivity contribution in [1.29, 1.82) is 0 Å². The largest absolute Gasteiger partial charge is 0.376 e. The molecule has 2 atom stereocenters. The third-order valence-corrected chi connectivity index (χ3v) is 3.08. The predicted octanol–water partition coefficient (Wildman–Crippen LogP) is -0.0920. The van der Waals surface area contributed by atoms with Gasteiger partial charge in [-0.2, -0.15) is 0 Å². The van der Waals surface area contributed by atoms with Gasteiger partial charge in [-0.15, -0.1) is 0 Å². The molecule has 15 heavy (non-hydrogen) atoms. The fraction of sp³-hybridized carbons (Fsp3) is 0.900. The van der Waals surface area contributed by atoms with Gasteiger partial charge in [0.05, 0.1) is 12.7 Å². The number of urea groups is 1. The molecule has 0 bridgehead atoms. The third-order valence-electron chi connectivity index (χ3n) is 3.08. The van der Waals surface area contributed by atoms with Gasteiger partial charge in [0.2, 0.25) is 0 Å². The number of ether oxygens (including phenoxy) is 1. The quantitative estimate of drug-likeness (QED) is 0.685. The maximum atomic E-state index is 11.2. The Morgan fingerprint density at radius 3 is 3.00 bits per heavy atom. The molecule has 1 aliphatic heterocycles. The van der Waals surface area contributed by atoms with Crippen LogP contribution in [-0.2, 0) is 4.74 Å². The van der Waals surface area contributed by atoms with Crippen molar-refractivity contribution >= 4 is 6.03 Å². The molecule has 2 amide bonds. The summed E-state index contributed by atoms with van der Waals surface area (Å²) in [5, 5.41) is 2.77. The summed E-state index contributed by atoms with van der Waals surface area (Å²) in [6.45, 7) is 2.88. The number of carbonyl (C=O) groups excluding carboxylic acids is 1. The smallest absolute Gasteiger partial charge is 0.317 e. The van der Waals surface area contributed by atoms with E-state index in [9.17, 15) is 4.79 Å². The maximum absolute atomic E-state index is 11.2. The number of carbonyl (C=O) groups is 1. The summed E-state index contributed by atoms with van der Waals surface area (Å²) in [6.07, 6.45) is 3.40. The summed E-state index contributed by atoms with van der Waals surface area (Å²) in [6, 6.07) is 0.340. The highest BCUT2D eigenvalue weighted by Gasteiger charge is 2.23. The van der Waals surface area contributed by atoms with Crippen LogP contribution in [0.25, 0.3) is 0 Å². The lowest BCUT2D eigenvalue weighted by atomic mass is 10.3. The van der Waals surface area contributed by atoms with E-state index in [4.69, 9.17) is 10.5 Å². The van der Waals surface area contributed by atoms with Crippen LogP contribution in [0.2, 0.25) is 0 Å². The zero-order valence-corrected chi connectivity index (χ0v) is 8.95. The molecule has 5 heteroatoms. The van der Waals surface area contributed by atoms with Gasteiger partial charge in [-0.1, -0.05) is 0 Å². The Morgan fingerprint density at radius 2 is 2.40 bits per heavy atom. The molecular formula is C10H19N3O2. The molecule has 0 radical (unpaired) electrons. The molecule has 5 nitrogen and oxygen atoms in total. The molecule has 0 aromatic heterocycles. The number of rotatable bonds is 4. The monoisotopic (exact) mass is 213 g/mol. The summed E-state index contributed by atoms with van der Waals surface area (Å²) >= 11 is 0. The summed E-state index contributed by atoms with van der Waals surface area (Å²) in [5.74, 6) is 0. The average molecular weight is 213 g/mol. The minimum Gasteiger partial charge on any atom is -0.376 e. The van der Waals surface area contributed by atoms with Crippen molar-refractivity contribution in [2.75, 3.05) is 26.2 Å². The summed E-state index contributed by atoms with van der Waals surface area (Å²) < 4.78 is 5.68. The molecule has 0 spiro atoms. The van der Waals surface area contributed by atoms with Gasteiger partial charge in [0.25, 0.3) is 0 Å². The van der Waals surface area contributed by atoms with E-state index in [1.165, 1.54) is 0 Å². The first kappa shape index (κ1) is 10.7. The molecular weight excluding hydrogens is 194 g/mol. The number of amides is 2. The van der Waals surface area contributed by atoms with Crippen molar-refractivity contribution in [2.45, 2.75) is 31.4 Å². The lowest BCUT2D eigenvalue weighted by Crippen LogP contribution is -2.32. The fourth-order valence-electron chi connectivity index (χ4n) is 2.18. The van der Waals surface area contributed by atoms with E-state index in [1.807, 2.05) is 0 Å². The van der Waals surface area contributed by atoms with E-state index in [1.54, 1.807) is 4.90 Å². The van der Waals surface area contributed by atoms with E-state index in [0.29, 0.717) is 25.3 Å². The SMILES string of the molecule is NC1CCC(OCCN2CCNC2=O)C1. The van der Waals surface area contributed by atoms with Crippen LogP contribution in [0, 0.1) is 0 Å². The topological polar surface area (TPSA) is 67.6 Å². The number of nitrogens with one attached hydrogen (secondary N) is 1. The Labute approximate surface area is 89.9 Å². The molecule has 0 aromatic carbocycles. The second-order valence-electron chi connectivity index (χ2n) is 4.28. The van der Waals surface area contributed by atoms with Gasteiger partial charge in [-0.25, -0.2) is 4.79 Å². The van der Waals surface area contributed by atoms with E-state index >= 15 is 0 Å². The van der Waals surface area contributed by atoms with Crippen molar-refractivity contribution in [1.82, 2.24) is 10.2 Å². The van der Waals surface area contributed by atoms with Gasteiger partial charge < -0.3 is 20.7 Å². The van der Waals surface area contributed by atoms with E-state index in [-0.39, 0.29) is 6.03 Å². The lowest BCUT2D eigenvalue weighted by Gasteiger charge is -2.16. The Kier molecular flexibility index (Phi) is 3.43. The first-order chi connectivity index (χ1) is 7.25. The Bertz CT molecular complexity index is 235. The third kappa shape index (κ3) is 2.82. The van der Waals surface area contributed by atoms with Crippen LogP contribution >= 0.6 is 0 Å². The van der Waals surface area contributed by atoms with Gasteiger partial charge in [-0.3, -0.25) is 0 Å². The van der Waals surface area contributed by atoms with Gasteiger partial charge in [-0.05, 0) is 19.3 Å². The molecule has 2 aliphatic rings. The molecule has 3 N–H and O–H groups in total. The Hall–Kier alpha value is -0.810. The highest BCUT2D eigenvalue weighted by atomic mass is 16.5. The highest BCUT2D eigenvalue weighted by Crippen LogP contribution is 2.20. The standard InChI is InChI=1S/C10H19N3O2/c11-8-1-2-9(7-8)15-6-5-13-4-3-12-10(13)14/h8-9H,1-7,11H2,(H,12,14). The van der Waals surface area contributed by atoms with Crippen LogP contribution in [0.4, 0.5) is 4.79 Å². The molecule has 0 aromatic rings. The summed E-state index contributed by atoms with van der Waals surface area (Å²) in [4.78, 5) is 13.0. The van der Waals surface area contributed by atoms with Crippen LogP contribution in [0.1, 0.15) is 19.3 Å². The van der Waals surface area contributed by atoms with Gasteiger partial charge in [0.1, 0.15) is 0 Å². The molecule has 1 saturated carbocycles. The van der Waals surface area contributed by atoms with E-state index in [2.05, 4.69) is 5.32 Å². The van der Waals surface area contributed by atoms with Gasteiger partial charge in [0.15, 0.2) is 0 Å². The van der Waals surface area contributed by atoms with Crippen LogP contribution in [0.15, 0.2) is 0 Å². The van der Waals surface area contributed by atoms with Gasteiger partial charge in [0, 0.05) is 25.7 Å². The van der Waals surface area contributed by atoms with E-state index in [0.717, 1.165) is 32.4 Å². The summed E-state index contributed by atoms with van der Waals surface area (Å²) in [7, 11) is 0. The van der Waals surface area contributed by atoms with Crippen molar-refractivity contribution in [3.05, 3.63) is 0 Å². The fourth-order valence-corrected chi connectivity index (χ4v) is 2.18. The van der Waals surface area contributed by atoms with Gasteiger partial charge >= 0.3 is 6.03 Å². The minimum atomic E-state index is 0.0294. The van der Waals surface area contributed by atoms with E-state index < -0.39 is 0 Å². The first-order valence-electron chi connectivity index (χ1n) is 5.65. The predicted molar refractivity (Wildman–Crippen MR) is 56.5 cm³/mol. The molecule has 2 rings (SSSR count). The number of hydrogen-bond acceptors (Lipinski definition) is 3. The average Bonchev–Trinajstić information content (AvgIpc) is 2.77. The van der Waals surface area contributed by atoms with Crippen LogP contribution < -0.4 is 11.1 Å². The molecule has 86 valence electrons. The van der Waals surface area contributed by atoms with Crippen LogP contribution in [-0.4, -0.2) is 49.3 Å². The first-order valence-corrected chi connectivity index (χ1v) is 5.65. The molecule has 1 heterocycles. The summed E-state index contributed by atoms with van der Waals surface area (Å²) in [5.41, 5.74) is 5.79. The Balaban J connectivity index is 1.60. The zero-order valence-electron chi connectivity index (χ0n) is 8.95. The molecule has 2 unspecified atom stereocenters. The number of hydrogen-bond donors (Lipinski definition) is 2. The minimum absolute atomic E-state index is 0.0294. The highest BCUT2D eigenvalue weighted by molar-refractivity contribution is 5.76. The van der Waals surface area contributed by atoms with Crippen LogP contribution in [0.5, 0.6) is 0 Å². The maximum Gasteiger partial charge on any atom is 0.317 e. The normalized spacial score (nSPS) is 31.0. The Morgan fingerprint density at radius 1 is 1.53 bits per heavy atom. The number of nitrogens with zero attached hydrogens (tertiary/aromatic N) is 1. The van der Waals surface area contributed by atoms with Crippen molar-refractivity contribution in [3.63, 3.8) is 0 Å². The molecule has 1 saturated heterocycles. The second-order valence-corrected chi connectivity index (χ2v) is 4.28. The van der Waals surface area contributed by atoms with Crippen molar-refractivity contribution in [3.8, 4) is 0 Å². The van der Waals surface area contributed by atoms with Crippen molar-refractivity contribution in [2.24, 2.45) is 5.73 Å². The van der Waals surface area contributed by atoms with Crippen molar-refractivity contribution < 1.29 is 9.53 Å².